The Morgan fingerprint density at radius 2 is 2.09 bits per heavy atom. The van der Waals surface area contributed by atoms with Gasteiger partial charge in [0, 0.05) is 19.2 Å². The van der Waals surface area contributed by atoms with Gasteiger partial charge in [0.1, 0.15) is 0 Å². The summed E-state index contributed by atoms with van der Waals surface area (Å²) < 4.78 is 43.5. The summed E-state index contributed by atoms with van der Waals surface area (Å²) in [5.41, 5.74) is -0.378. The number of ether oxygens (including phenoxy) is 1. The molecule has 0 aromatic heterocycles. The number of carbonyl (C=O) groups excluding carboxylic acids is 2. The lowest BCUT2D eigenvalue weighted by molar-refractivity contribution is -0.138. The number of esters is 1. The van der Waals surface area contributed by atoms with Gasteiger partial charge in [-0.25, -0.2) is 14.8 Å². The summed E-state index contributed by atoms with van der Waals surface area (Å²) in [5, 5.41) is 2.85. The van der Waals surface area contributed by atoms with Gasteiger partial charge in [-0.05, 0) is 17.7 Å². The van der Waals surface area contributed by atoms with Crippen LogP contribution in [-0.2, 0) is 20.5 Å². The van der Waals surface area contributed by atoms with Crippen LogP contribution in [0, 0.1) is 0 Å². The average molecular weight is 326 g/mol. The molecular weight excluding hydrogens is 313 g/mol. The quantitative estimate of drug-likeness (QED) is 0.783. The topological polar surface area (TPSA) is 49.9 Å². The summed E-state index contributed by atoms with van der Waals surface area (Å²) in [6.07, 6.45) is -2.89. The number of hydrogen-bond donors (Lipinski definition) is 0. The second-order valence-corrected chi connectivity index (χ2v) is 5.25. The number of alkyl halides is 3. The maximum Gasteiger partial charge on any atom is 0.416 e. The maximum atomic E-state index is 12.9. The number of hydrogen-bond acceptors (Lipinski definition) is 4. The van der Waals surface area contributed by atoms with E-state index < -0.39 is 23.8 Å². The molecule has 2 aliphatic heterocycles. The standard InChI is InChI=1S/C15H13F3N2O3/c1-23-14(22)11-8-20-12(21)5-6-19(20)13(11)9-3-2-4-10(7-9)15(16,17)18/h2-4,7-8,13H,5-6H2,1H3/t13-/m1/s1. The molecule has 1 saturated heterocycles. The van der Waals surface area contributed by atoms with Crippen molar-refractivity contribution in [3.63, 3.8) is 0 Å². The number of nitrogens with zero attached hydrogens (tertiary/aromatic N) is 2. The molecule has 5 nitrogen and oxygen atoms in total. The molecule has 1 aromatic carbocycles. The molecule has 2 aliphatic rings. The van der Waals surface area contributed by atoms with Crippen molar-refractivity contribution >= 4 is 11.9 Å². The van der Waals surface area contributed by atoms with Gasteiger partial charge in [0.2, 0.25) is 5.91 Å². The fraction of sp³-hybridized carbons (Fsp3) is 0.333. The number of carbonyl (C=O) groups is 2. The van der Waals surface area contributed by atoms with E-state index in [1.165, 1.54) is 30.5 Å². The Labute approximate surface area is 129 Å². The Morgan fingerprint density at radius 1 is 1.35 bits per heavy atom. The van der Waals surface area contributed by atoms with E-state index in [9.17, 15) is 22.8 Å². The number of methoxy groups -OCH3 is 1. The highest BCUT2D eigenvalue weighted by Gasteiger charge is 2.44. The third-order valence-electron chi connectivity index (χ3n) is 3.89. The van der Waals surface area contributed by atoms with Gasteiger partial charge in [-0.1, -0.05) is 12.1 Å². The van der Waals surface area contributed by atoms with Crippen LogP contribution in [0.3, 0.4) is 0 Å². The lowest BCUT2D eigenvalue weighted by atomic mass is 9.97. The Hall–Kier alpha value is -2.35. The van der Waals surface area contributed by atoms with Crippen molar-refractivity contribution in [1.82, 2.24) is 10.0 Å². The summed E-state index contributed by atoms with van der Waals surface area (Å²) in [4.78, 5) is 23.8. The third kappa shape index (κ3) is 2.59. The first-order valence-electron chi connectivity index (χ1n) is 6.88. The second-order valence-electron chi connectivity index (χ2n) is 5.25. The SMILES string of the molecule is COC(=O)C1=CN2C(=O)CCN2[C@@H]1c1cccc(C(F)(F)F)c1. The summed E-state index contributed by atoms with van der Waals surface area (Å²) in [5.74, 6) is -0.879. The molecule has 23 heavy (non-hydrogen) atoms. The molecule has 0 aliphatic carbocycles. The number of fused-ring (bicyclic) bond motifs is 1. The molecule has 1 aromatic rings. The smallest absolute Gasteiger partial charge is 0.416 e. The van der Waals surface area contributed by atoms with Gasteiger partial charge in [0.25, 0.3) is 0 Å². The highest BCUT2D eigenvalue weighted by Crippen LogP contribution is 2.41. The predicted octanol–water partition coefficient (Wildman–Crippen LogP) is 2.27. The Bertz CT molecular complexity index is 699. The zero-order chi connectivity index (χ0) is 16.8. The van der Waals surface area contributed by atoms with E-state index in [1.807, 2.05) is 0 Å². The van der Waals surface area contributed by atoms with Crippen LogP contribution in [0.2, 0.25) is 0 Å². The van der Waals surface area contributed by atoms with E-state index in [-0.39, 0.29) is 23.5 Å². The van der Waals surface area contributed by atoms with Crippen LogP contribution in [0.15, 0.2) is 36.0 Å². The number of amides is 1. The molecule has 0 bridgehead atoms. The van der Waals surface area contributed by atoms with Crippen LogP contribution in [0.4, 0.5) is 13.2 Å². The molecule has 0 spiro atoms. The van der Waals surface area contributed by atoms with Gasteiger partial charge in [-0.15, -0.1) is 0 Å². The molecular formula is C15H13F3N2O3. The summed E-state index contributed by atoms with van der Waals surface area (Å²) in [6.45, 7) is 0.330. The van der Waals surface area contributed by atoms with Gasteiger partial charge >= 0.3 is 12.1 Å². The lowest BCUT2D eigenvalue weighted by Crippen LogP contribution is -2.33. The second kappa shape index (κ2) is 5.38. The molecule has 1 fully saturated rings. The monoisotopic (exact) mass is 326 g/mol. The van der Waals surface area contributed by atoms with Gasteiger partial charge < -0.3 is 4.74 Å². The van der Waals surface area contributed by atoms with E-state index in [0.29, 0.717) is 6.54 Å². The summed E-state index contributed by atoms with van der Waals surface area (Å²) >= 11 is 0. The molecule has 2 heterocycles. The molecule has 1 atom stereocenters. The van der Waals surface area contributed by atoms with Crippen molar-refractivity contribution in [3.8, 4) is 0 Å². The highest BCUT2D eigenvalue weighted by atomic mass is 19.4. The van der Waals surface area contributed by atoms with E-state index in [0.717, 1.165) is 12.1 Å². The van der Waals surface area contributed by atoms with Crippen molar-refractivity contribution in [2.24, 2.45) is 0 Å². The minimum atomic E-state index is -4.48. The van der Waals surface area contributed by atoms with Crippen molar-refractivity contribution in [2.75, 3.05) is 13.7 Å². The molecule has 0 unspecified atom stereocenters. The first-order valence-corrected chi connectivity index (χ1v) is 6.88. The molecule has 3 rings (SSSR count). The molecule has 0 N–H and O–H groups in total. The number of halogens is 3. The first kappa shape index (κ1) is 15.5. The first-order chi connectivity index (χ1) is 10.8. The lowest BCUT2D eigenvalue weighted by Gasteiger charge is -2.26. The number of rotatable bonds is 2. The van der Waals surface area contributed by atoms with Crippen LogP contribution in [-0.4, -0.2) is 35.5 Å². The van der Waals surface area contributed by atoms with E-state index in [1.54, 1.807) is 5.01 Å². The molecule has 0 saturated carbocycles. The number of benzene rings is 1. The van der Waals surface area contributed by atoms with Gasteiger partial charge in [-0.2, -0.15) is 13.2 Å². The van der Waals surface area contributed by atoms with Gasteiger partial charge in [0.15, 0.2) is 0 Å². The third-order valence-corrected chi connectivity index (χ3v) is 3.89. The van der Waals surface area contributed by atoms with Crippen molar-refractivity contribution in [2.45, 2.75) is 18.6 Å². The van der Waals surface area contributed by atoms with Crippen molar-refractivity contribution in [1.29, 1.82) is 0 Å². The summed E-state index contributed by atoms with van der Waals surface area (Å²) in [6, 6.07) is 3.98. The minimum absolute atomic E-state index is 0.139. The van der Waals surface area contributed by atoms with Crippen molar-refractivity contribution in [3.05, 3.63) is 47.2 Å². The molecule has 1 amide bonds. The van der Waals surface area contributed by atoms with E-state index in [2.05, 4.69) is 4.74 Å². The van der Waals surface area contributed by atoms with Crippen LogP contribution in [0.25, 0.3) is 0 Å². The fourth-order valence-corrected chi connectivity index (χ4v) is 2.86. The fourth-order valence-electron chi connectivity index (χ4n) is 2.86. The zero-order valence-electron chi connectivity index (χ0n) is 12.1. The molecule has 122 valence electrons. The Kier molecular flexibility index (Phi) is 3.63. The Balaban J connectivity index is 2.04. The normalized spacial score (nSPS) is 21.4. The van der Waals surface area contributed by atoms with Crippen LogP contribution in [0.5, 0.6) is 0 Å². The Morgan fingerprint density at radius 3 is 2.74 bits per heavy atom. The predicted molar refractivity (Wildman–Crippen MR) is 72.5 cm³/mol. The maximum absolute atomic E-state index is 12.9. The molecule has 0 radical (unpaired) electrons. The zero-order valence-corrected chi connectivity index (χ0v) is 12.1. The van der Waals surface area contributed by atoms with E-state index in [4.69, 9.17) is 0 Å². The van der Waals surface area contributed by atoms with Crippen molar-refractivity contribution < 1.29 is 27.5 Å². The van der Waals surface area contributed by atoms with Crippen LogP contribution >= 0.6 is 0 Å². The molecule has 8 heteroatoms. The number of hydrazine groups is 1. The average Bonchev–Trinajstić information content (AvgIpc) is 3.06. The minimum Gasteiger partial charge on any atom is -0.466 e. The van der Waals surface area contributed by atoms with Gasteiger partial charge in [0.05, 0.1) is 24.3 Å². The van der Waals surface area contributed by atoms with Gasteiger partial charge in [-0.3, -0.25) is 4.79 Å². The van der Waals surface area contributed by atoms with E-state index >= 15 is 0 Å². The summed E-state index contributed by atoms with van der Waals surface area (Å²) in [7, 11) is 1.19. The van der Waals surface area contributed by atoms with Crippen LogP contribution < -0.4 is 0 Å². The van der Waals surface area contributed by atoms with Crippen LogP contribution in [0.1, 0.15) is 23.6 Å². The highest BCUT2D eigenvalue weighted by molar-refractivity contribution is 5.92. The largest absolute Gasteiger partial charge is 0.466 e.